The van der Waals surface area contributed by atoms with E-state index in [9.17, 15) is 0 Å². The molecule has 1 atom stereocenters. The molecule has 3 heteroatoms. The van der Waals surface area contributed by atoms with E-state index in [1.165, 1.54) is 37.0 Å². The number of rotatable bonds is 6. The summed E-state index contributed by atoms with van der Waals surface area (Å²) in [6.07, 6.45) is 6.85. The lowest BCUT2D eigenvalue weighted by atomic mass is 10.00. The minimum Gasteiger partial charge on any atom is -0.271 e. The fraction of sp³-hybridized carbons (Fsp3) is 0.571. The van der Waals surface area contributed by atoms with E-state index in [-0.39, 0.29) is 0 Å². The Hall–Kier alpha value is -0.510. The molecule has 1 unspecified atom stereocenters. The first kappa shape index (κ1) is 12.9. The predicted molar refractivity (Wildman–Crippen MR) is 74.9 cm³/mol. The van der Waals surface area contributed by atoms with Gasteiger partial charge in [-0.05, 0) is 24.5 Å². The summed E-state index contributed by atoms with van der Waals surface area (Å²) in [5, 5.41) is 0. The highest BCUT2D eigenvalue weighted by molar-refractivity contribution is 7.99. The van der Waals surface area contributed by atoms with Crippen molar-refractivity contribution in [1.82, 2.24) is 5.43 Å². The Morgan fingerprint density at radius 1 is 1.24 bits per heavy atom. The largest absolute Gasteiger partial charge is 0.271 e. The van der Waals surface area contributed by atoms with E-state index in [0.717, 1.165) is 11.7 Å². The van der Waals surface area contributed by atoms with E-state index < -0.39 is 0 Å². The van der Waals surface area contributed by atoms with Gasteiger partial charge in [0.25, 0.3) is 0 Å². The van der Waals surface area contributed by atoms with Gasteiger partial charge >= 0.3 is 0 Å². The van der Waals surface area contributed by atoms with Crippen LogP contribution in [0.2, 0.25) is 0 Å². The standard InChI is InChI=1S/C14H22N2S/c15-16-13(10-12-6-4-5-7-12)11-17-14-8-2-1-3-9-14/h1-3,8-9,12-13,16H,4-7,10-11,15H2. The quantitative estimate of drug-likeness (QED) is 0.462. The van der Waals surface area contributed by atoms with Crippen molar-refractivity contribution < 1.29 is 0 Å². The van der Waals surface area contributed by atoms with Crippen LogP contribution in [0, 0.1) is 5.92 Å². The van der Waals surface area contributed by atoms with Crippen LogP contribution in [0.25, 0.3) is 0 Å². The Morgan fingerprint density at radius 3 is 2.59 bits per heavy atom. The zero-order chi connectivity index (χ0) is 11.9. The number of thioether (sulfide) groups is 1. The molecule has 1 aliphatic rings. The second-order valence-corrected chi connectivity index (χ2v) is 5.97. The maximum atomic E-state index is 5.65. The van der Waals surface area contributed by atoms with E-state index in [0.29, 0.717) is 6.04 Å². The van der Waals surface area contributed by atoms with Gasteiger partial charge in [0.15, 0.2) is 0 Å². The Morgan fingerprint density at radius 2 is 1.94 bits per heavy atom. The van der Waals surface area contributed by atoms with Gasteiger partial charge in [0, 0.05) is 16.7 Å². The highest BCUT2D eigenvalue weighted by Crippen LogP contribution is 2.29. The van der Waals surface area contributed by atoms with Crippen molar-refractivity contribution in [3.8, 4) is 0 Å². The summed E-state index contributed by atoms with van der Waals surface area (Å²) in [4.78, 5) is 1.33. The smallest absolute Gasteiger partial charge is 0.0307 e. The van der Waals surface area contributed by atoms with Crippen LogP contribution >= 0.6 is 11.8 Å². The highest BCUT2D eigenvalue weighted by Gasteiger charge is 2.19. The van der Waals surface area contributed by atoms with Crippen molar-refractivity contribution in [3.63, 3.8) is 0 Å². The number of hydrogen-bond donors (Lipinski definition) is 2. The number of benzene rings is 1. The fourth-order valence-electron chi connectivity index (χ4n) is 2.55. The first-order chi connectivity index (χ1) is 8.38. The van der Waals surface area contributed by atoms with Gasteiger partial charge in [-0.1, -0.05) is 43.9 Å². The molecule has 17 heavy (non-hydrogen) atoms. The molecule has 1 aliphatic carbocycles. The molecule has 0 bridgehead atoms. The van der Waals surface area contributed by atoms with Crippen LogP contribution in [-0.4, -0.2) is 11.8 Å². The molecule has 0 radical (unpaired) electrons. The molecule has 2 rings (SSSR count). The molecule has 0 aromatic heterocycles. The molecule has 1 aromatic carbocycles. The summed E-state index contributed by atoms with van der Waals surface area (Å²) >= 11 is 1.89. The monoisotopic (exact) mass is 250 g/mol. The van der Waals surface area contributed by atoms with Gasteiger partial charge in [-0.3, -0.25) is 11.3 Å². The van der Waals surface area contributed by atoms with Gasteiger partial charge < -0.3 is 0 Å². The third-order valence-electron chi connectivity index (χ3n) is 3.52. The van der Waals surface area contributed by atoms with Crippen molar-refractivity contribution in [1.29, 1.82) is 0 Å². The maximum absolute atomic E-state index is 5.65. The lowest BCUT2D eigenvalue weighted by Crippen LogP contribution is -2.38. The molecule has 0 spiro atoms. The third kappa shape index (κ3) is 4.34. The lowest BCUT2D eigenvalue weighted by molar-refractivity contribution is 0.415. The van der Waals surface area contributed by atoms with Crippen molar-refractivity contribution in [2.75, 3.05) is 5.75 Å². The molecule has 1 fully saturated rings. The van der Waals surface area contributed by atoms with Crippen LogP contribution in [0.4, 0.5) is 0 Å². The van der Waals surface area contributed by atoms with Crippen LogP contribution in [0.15, 0.2) is 35.2 Å². The Kier molecular flexibility index (Phi) is 5.36. The van der Waals surface area contributed by atoms with E-state index in [4.69, 9.17) is 5.84 Å². The summed E-state index contributed by atoms with van der Waals surface area (Å²) < 4.78 is 0. The number of hydrazine groups is 1. The molecule has 3 N–H and O–H groups in total. The number of hydrogen-bond acceptors (Lipinski definition) is 3. The SMILES string of the molecule is NNC(CSc1ccccc1)CC1CCCC1. The van der Waals surface area contributed by atoms with Crippen LogP contribution in [0.1, 0.15) is 32.1 Å². The molecule has 0 amide bonds. The van der Waals surface area contributed by atoms with E-state index in [1.54, 1.807) is 0 Å². The Balaban J connectivity index is 1.75. The molecule has 0 heterocycles. The third-order valence-corrected chi connectivity index (χ3v) is 4.70. The lowest BCUT2D eigenvalue weighted by Gasteiger charge is -2.19. The molecule has 2 nitrogen and oxygen atoms in total. The minimum atomic E-state index is 0.448. The summed E-state index contributed by atoms with van der Waals surface area (Å²) in [6, 6.07) is 11.0. The average molecular weight is 250 g/mol. The Bertz CT molecular complexity index is 309. The predicted octanol–water partition coefficient (Wildman–Crippen LogP) is 3.19. The first-order valence-corrected chi connectivity index (χ1v) is 7.51. The number of nitrogens with two attached hydrogens (primary N) is 1. The first-order valence-electron chi connectivity index (χ1n) is 6.52. The molecule has 0 aliphatic heterocycles. The summed E-state index contributed by atoms with van der Waals surface area (Å²) in [5.41, 5.74) is 2.98. The van der Waals surface area contributed by atoms with Crippen LogP contribution in [0.3, 0.4) is 0 Å². The van der Waals surface area contributed by atoms with E-state index in [1.807, 2.05) is 11.8 Å². The molecule has 94 valence electrons. The van der Waals surface area contributed by atoms with Crippen molar-refractivity contribution >= 4 is 11.8 Å². The topological polar surface area (TPSA) is 38.0 Å². The van der Waals surface area contributed by atoms with Gasteiger partial charge in [0.05, 0.1) is 0 Å². The average Bonchev–Trinajstić information content (AvgIpc) is 2.88. The zero-order valence-corrected chi connectivity index (χ0v) is 11.1. The number of nitrogens with one attached hydrogen (secondary N) is 1. The Labute approximate surface area is 108 Å². The summed E-state index contributed by atoms with van der Waals surface area (Å²) in [5.74, 6) is 7.61. The maximum Gasteiger partial charge on any atom is 0.0307 e. The van der Waals surface area contributed by atoms with Gasteiger partial charge in [0.2, 0.25) is 0 Å². The van der Waals surface area contributed by atoms with Crippen LogP contribution < -0.4 is 11.3 Å². The van der Waals surface area contributed by atoms with E-state index >= 15 is 0 Å². The van der Waals surface area contributed by atoms with Crippen molar-refractivity contribution in [2.24, 2.45) is 11.8 Å². The van der Waals surface area contributed by atoms with Gasteiger partial charge in [0.1, 0.15) is 0 Å². The second-order valence-electron chi connectivity index (χ2n) is 4.87. The summed E-state index contributed by atoms with van der Waals surface area (Å²) in [7, 11) is 0. The molecule has 1 aromatic rings. The molecule has 0 saturated heterocycles. The van der Waals surface area contributed by atoms with Crippen molar-refractivity contribution in [3.05, 3.63) is 30.3 Å². The highest BCUT2D eigenvalue weighted by atomic mass is 32.2. The van der Waals surface area contributed by atoms with Gasteiger partial charge in [-0.15, -0.1) is 11.8 Å². The minimum absolute atomic E-state index is 0.448. The molecular weight excluding hydrogens is 228 g/mol. The fourth-order valence-corrected chi connectivity index (χ4v) is 3.52. The van der Waals surface area contributed by atoms with Crippen LogP contribution in [-0.2, 0) is 0 Å². The summed E-state index contributed by atoms with van der Waals surface area (Å²) in [6.45, 7) is 0. The molecular formula is C14H22N2S. The second kappa shape index (κ2) is 7.04. The van der Waals surface area contributed by atoms with Crippen molar-refractivity contribution in [2.45, 2.75) is 43.0 Å². The van der Waals surface area contributed by atoms with Gasteiger partial charge in [-0.2, -0.15) is 0 Å². The zero-order valence-electron chi connectivity index (χ0n) is 10.3. The normalized spacial score (nSPS) is 18.4. The van der Waals surface area contributed by atoms with Gasteiger partial charge in [-0.25, -0.2) is 0 Å². The molecule has 1 saturated carbocycles. The van der Waals surface area contributed by atoms with E-state index in [2.05, 4.69) is 35.8 Å². The van der Waals surface area contributed by atoms with Crippen LogP contribution in [0.5, 0.6) is 0 Å².